The van der Waals surface area contributed by atoms with Crippen LogP contribution in [0.25, 0.3) is 0 Å². The minimum atomic E-state index is 0.541. The first-order valence-electron chi connectivity index (χ1n) is 6.56. The van der Waals surface area contributed by atoms with E-state index in [0.717, 1.165) is 11.7 Å². The van der Waals surface area contributed by atoms with Crippen LogP contribution in [0.15, 0.2) is 24.3 Å². The highest BCUT2D eigenvalue weighted by Crippen LogP contribution is 2.38. The normalized spacial score (nSPS) is 17.0. The molecule has 1 aliphatic rings. The zero-order chi connectivity index (χ0) is 12.4. The molecular weight excluding hydrogens is 210 g/mol. The number of rotatable bonds is 5. The van der Waals surface area contributed by atoms with Crippen LogP contribution >= 0.6 is 0 Å². The second-order valence-corrected chi connectivity index (χ2v) is 5.28. The summed E-state index contributed by atoms with van der Waals surface area (Å²) in [5.74, 6) is 1.82. The summed E-state index contributed by atoms with van der Waals surface area (Å²) in [5, 5.41) is 0. The molecule has 0 heterocycles. The van der Waals surface area contributed by atoms with Gasteiger partial charge >= 0.3 is 0 Å². The summed E-state index contributed by atoms with van der Waals surface area (Å²) in [5.41, 5.74) is 1.31. The molecule has 0 saturated heterocycles. The van der Waals surface area contributed by atoms with Crippen LogP contribution in [0.2, 0.25) is 0 Å². The van der Waals surface area contributed by atoms with E-state index in [1.807, 2.05) is 12.1 Å². The van der Waals surface area contributed by atoms with Crippen molar-refractivity contribution >= 4 is 5.69 Å². The molecule has 1 unspecified atom stereocenters. The van der Waals surface area contributed by atoms with Gasteiger partial charge in [0.1, 0.15) is 5.75 Å². The van der Waals surface area contributed by atoms with Crippen LogP contribution < -0.4 is 9.64 Å². The second-order valence-electron chi connectivity index (χ2n) is 5.28. The monoisotopic (exact) mass is 233 g/mol. The fraction of sp³-hybridized carbons (Fsp3) is 0.600. The molecule has 0 radical (unpaired) electrons. The molecule has 1 aromatic rings. The quantitative estimate of drug-likeness (QED) is 0.768. The number of methoxy groups -OCH3 is 1. The molecular formula is C15H23NO. The molecule has 1 aromatic carbocycles. The lowest BCUT2D eigenvalue weighted by atomic mass is 10.1. The Kier molecular flexibility index (Phi) is 3.60. The van der Waals surface area contributed by atoms with Crippen LogP contribution in [-0.2, 0) is 0 Å². The SMILES string of the molecule is COc1ccc(N(C(C)C)C(C)C2CC2)cc1. The van der Waals surface area contributed by atoms with Crippen molar-refractivity contribution in [2.75, 3.05) is 12.0 Å². The Morgan fingerprint density at radius 2 is 1.71 bits per heavy atom. The predicted molar refractivity (Wildman–Crippen MR) is 72.8 cm³/mol. The molecule has 0 bridgehead atoms. The van der Waals surface area contributed by atoms with Crippen LogP contribution in [0.3, 0.4) is 0 Å². The van der Waals surface area contributed by atoms with Crippen molar-refractivity contribution in [1.82, 2.24) is 0 Å². The minimum absolute atomic E-state index is 0.541. The minimum Gasteiger partial charge on any atom is -0.497 e. The highest BCUT2D eigenvalue weighted by atomic mass is 16.5. The Labute approximate surface area is 105 Å². The van der Waals surface area contributed by atoms with Crippen molar-refractivity contribution in [2.24, 2.45) is 5.92 Å². The Balaban J connectivity index is 2.18. The van der Waals surface area contributed by atoms with Crippen molar-refractivity contribution in [2.45, 2.75) is 45.7 Å². The summed E-state index contributed by atoms with van der Waals surface area (Å²) in [6, 6.07) is 9.60. The number of nitrogens with zero attached hydrogens (tertiary/aromatic N) is 1. The maximum Gasteiger partial charge on any atom is 0.119 e. The molecule has 0 aromatic heterocycles. The van der Waals surface area contributed by atoms with Crippen molar-refractivity contribution < 1.29 is 4.74 Å². The van der Waals surface area contributed by atoms with Gasteiger partial charge in [-0.25, -0.2) is 0 Å². The zero-order valence-corrected chi connectivity index (χ0v) is 11.3. The molecule has 2 rings (SSSR count). The van der Waals surface area contributed by atoms with Crippen molar-refractivity contribution in [3.05, 3.63) is 24.3 Å². The summed E-state index contributed by atoms with van der Waals surface area (Å²) in [6.07, 6.45) is 2.78. The highest BCUT2D eigenvalue weighted by Gasteiger charge is 2.33. The van der Waals surface area contributed by atoms with Crippen molar-refractivity contribution in [3.63, 3.8) is 0 Å². The highest BCUT2D eigenvalue weighted by molar-refractivity contribution is 5.51. The van der Waals surface area contributed by atoms with Crippen LogP contribution in [-0.4, -0.2) is 19.2 Å². The Bertz CT molecular complexity index is 354. The fourth-order valence-corrected chi connectivity index (χ4v) is 2.56. The van der Waals surface area contributed by atoms with Gasteiger partial charge in [-0.3, -0.25) is 0 Å². The van der Waals surface area contributed by atoms with E-state index in [1.165, 1.54) is 18.5 Å². The van der Waals surface area contributed by atoms with E-state index in [-0.39, 0.29) is 0 Å². The van der Waals surface area contributed by atoms with Crippen LogP contribution in [0.4, 0.5) is 5.69 Å². The molecule has 1 aliphatic carbocycles. The van der Waals surface area contributed by atoms with Gasteiger partial charge in [-0.15, -0.1) is 0 Å². The standard InChI is InChI=1S/C15H23NO/c1-11(2)16(12(3)13-5-6-13)14-7-9-15(17-4)10-8-14/h7-13H,5-6H2,1-4H3. The third-order valence-electron chi connectivity index (χ3n) is 3.67. The topological polar surface area (TPSA) is 12.5 Å². The van der Waals surface area contributed by atoms with E-state index in [0.29, 0.717) is 12.1 Å². The van der Waals surface area contributed by atoms with Crippen LogP contribution in [0.5, 0.6) is 5.75 Å². The molecule has 1 saturated carbocycles. The lowest BCUT2D eigenvalue weighted by Gasteiger charge is -2.35. The van der Waals surface area contributed by atoms with Crippen molar-refractivity contribution in [1.29, 1.82) is 0 Å². The number of ether oxygens (including phenoxy) is 1. The van der Waals surface area contributed by atoms with Gasteiger partial charge < -0.3 is 9.64 Å². The summed E-state index contributed by atoms with van der Waals surface area (Å²) < 4.78 is 5.21. The fourth-order valence-electron chi connectivity index (χ4n) is 2.56. The van der Waals surface area contributed by atoms with Gasteiger partial charge in [0, 0.05) is 17.8 Å². The first-order valence-corrected chi connectivity index (χ1v) is 6.56. The molecule has 2 heteroatoms. The second kappa shape index (κ2) is 4.99. The van der Waals surface area contributed by atoms with Gasteiger partial charge in [0.15, 0.2) is 0 Å². The van der Waals surface area contributed by atoms with Crippen LogP contribution in [0.1, 0.15) is 33.6 Å². The van der Waals surface area contributed by atoms with E-state index in [9.17, 15) is 0 Å². The van der Waals surface area contributed by atoms with Gasteiger partial charge in [-0.05, 0) is 63.8 Å². The van der Waals surface area contributed by atoms with Gasteiger partial charge in [-0.2, -0.15) is 0 Å². The van der Waals surface area contributed by atoms with E-state index in [1.54, 1.807) is 7.11 Å². The van der Waals surface area contributed by atoms with Crippen LogP contribution in [0, 0.1) is 5.92 Å². The largest absolute Gasteiger partial charge is 0.497 e. The molecule has 17 heavy (non-hydrogen) atoms. The lowest BCUT2D eigenvalue weighted by molar-refractivity contribution is 0.414. The molecule has 0 N–H and O–H groups in total. The molecule has 1 atom stereocenters. The predicted octanol–water partition coefficient (Wildman–Crippen LogP) is 3.71. The van der Waals surface area contributed by atoms with E-state index < -0.39 is 0 Å². The molecule has 0 spiro atoms. The third kappa shape index (κ3) is 2.74. The maximum absolute atomic E-state index is 5.21. The first-order chi connectivity index (χ1) is 8.13. The van der Waals surface area contributed by atoms with E-state index in [2.05, 4.69) is 37.8 Å². The summed E-state index contributed by atoms with van der Waals surface area (Å²) in [6.45, 7) is 6.88. The van der Waals surface area contributed by atoms with Crippen molar-refractivity contribution in [3.8, 4) is 5.75 Å². The van der Waals surface area contributed by atoms with Gasteiger partial charge in [0.2, 0.25) is 0 Å². The molecule has 0 aliphatic heterocycles. The summed E-state index contributed by atoms with van der Waals surface area (Å²) in [7, 11) is 1.71. The zero-order valence-electron chi connectivity index (χ0n) is 11.3. The van der Waals surface area contributed by atoms with E-state index in [4.69, 9.17) is 4.74 Å². The van der Waals surface area contributed by atoms with Gasteiger partial charge in [0.25, 0.3) is 0 Å². The Hall–Kier alpha value is -1.18. The maximum atomic E-state index is 5.21. The number of hydrogen-bond donors (Lipinski definition) is 0. The Morgan fingerprint density at radius 1 is 1.12 bits per heavy atom. The lowest BCUT2D eigenvalue weighted by Crippen LogP contribution is -2.40. The number of anilines is 1. The van der Waals surface area contributed by atoms with Gasteiger partial charge in [0.05, 0.1) is 7.11 Å². The average Bonchev–Trinajstić information content (AvgIpc) is 3.13. The van der Waals surface area contributed by atoms with Gasteiger partial charge in [-0.1, -0.05) is 0 Å². The molecule has 2 nitrogen and oxygen atoms in total. The number of hydrogen-bond acceptors (Lipinski definition) is 2. The summed E-state index contributed by atoms with van der Waals surface area (Å²) >= 11 is 0. The summed E-state index contributed by atoms with van der Waals surface area (Å²) in [4.78, 5) is 2.52. The average molecular weight is 233 g/mol. The molecule has 0 amide bonds. The smallest absolute Gasteiger partial charge is 0.119 e. The molecule has 1 fully saturated rings. The Morgan fingerprint density at radius 3 is 2.12 bits per heavy atom. The first kappa shape index (κ1) is 12.3. The number of benzene rings is 1. The van der Waals surface area contributed by atoms with E-state index >= 15 is 0 Å². The third-order valence-corrected chi connectivity index (χ3v) is 3.67. The molecule has 94 valence electrons.